The molecule has 5 nitrogen and oxygen atoms in total. The normalized spacial score (nSPS) is 11.0. The predicted octanol–water partition coefficient (Wildman–Crippen LogP) is 3.45. The van der Waals surface area contributed by atoms with Gasteiger partial charge in [-0.2, -0.15) is 0 Å². The summed E-state index contributed by atoms with van der Waals surface area (Å²) in [6, 6.07) is 19.4. The maximum Gasteiger partial charge on any atom is 0.272 e. The summed E-state index contributed by atoms with van der Waals surface area (Å²) >= 11 is 0. The van der Waals surface area contributed by atoms with Crippen LogP contribution in [-0.4, -0.2) is 55.0 Å². The molecular weight excluding hydrogens is 338 g/mol. The van der Waals surface area contributed by atoms with Crippen LogP contribution in [-0.2, 0) is 6.54 Å². The van der Waals surface area contributed by atoms with E-state index in [2.05, 4.69) is 9.88 Å². The lowest BCUT2D eigenvalue weighted by atomic mass is 10.1. The molecule has 0 fully saturated rings. The molecule has 2 aromatic carbocycles. The molecule has 0 saturated heterocycles. The lowest BCUT2D eigenvalue weighted by Gasteiger charge is -2.24. The number of nitrogens with zero attached hydrogens (tertiary/aromatic N) is 3. The van der Waals surface area contributed by atoms with Crippen LogP contribution >= 0.6 is 0 Å². The first-order valence-electron chi connectivity index (χ1n) is 8.99. The molecular formula is C22H25N3O2. The van der Waals surface area contributed by atoms with E-state index < -0.39 is 0 Å². The molecule has 27 heavy (non-hydrogen) atoms. The average molecular weight is 363 g/mol. The zero-order valence-corrected chi connectivity index (χ0v) is 16.1. The minimum Gasteiger partial charge on any atom is -0.497 e. The van der Waals surface area contributed by atoms with E-state index in [0.717, 1.165) is 28.8 Å². The SMILES string of the molecule is COc1ccc2nc(C(=O)N(CCN(C)C)Cc3ccccc3)ccc2c1. The Morgan fingerprint density at radius 1 is 1.00 bits per heavy atom. The van der Waals surface area contributed by atoms with E-state index in [-0.39, 0.29) is 5.91 Å². The van der Waals surface area contributed by atoms with Crippen LogP contribution in [0.1, 0.15) is 16.1 Å². The highest BCUT2D eigenvalue weighted by atomic mass is 16.5. The molecule has 1 amide bonds. The number of methoxy groups -OCH3 is 1. The molecule has 1 heterocycles. The van der Waals surface area contributed by atoms with Crippen molar-refractivity contribution in [1.29, 1.82) is 0 Å². The third kappa shape index (κ3) is 4.83. The van der Waals surface area contributed by atoms with Gasteiger partial charge in [-0.15, -0.1) is 0 Å². The summed E-state index contributed by atoms with van der Waals surface area (Å²) in [5, 5.41) is 0.953. The Morgan fingerprint density at radius 3 is 2.48 bits per heavy atom. The van der Waals surface area contributed by atoms with Gasteiger partial charge in [-0.05, 0) is 43.9 Å². The van der Waals surface area contributed by atoms with Crippen molar-refractivity contribution in [1.82, 2.24) is 14.8 Å². The quantitative estimate of drug-likeness (QED) is 0.645. The maximum atomic E-state index is 13.1. The highest BCUT2D eigenvalue weighted by molar-refractivity contribution is 5.95. The number of likely N-dealkylation sites (N-methyl/N-ethyl adjacent to an activating group) is 1. The first kappa shape index (κ1) is 18.9. The number of hydrogen-bond donors (Lipinski definition) is 0. The third-order valence-electron chi connectivity index (χ3n) is 4.44. The highest BCUT2D eigenvalue weighted by Gasteiger charge is 2.18. The first-order valence-corrected chi connectivity index (χ1v) is 8.99. The number of rotatable bonds is 7. The van der Waals surface area contributed by atoms with E-state index in [1.807, 2.05) is 73.6 Å². The Hall–Kier alpha value is -2.92. The van der Waals surface area contributed by atoms with Gasteiger partial charge >= 0.3 is 0 Å². The van der Waals surface area contributed by atoms with E-state index in [0.29, 0.717) is 18.8 Å². The van der Waals surface area contributed by atoms with Crippen molar-refractivity contribution in [2.75, 3.05) is 34.3 Å². The number of ether oxygens (including phenoxy) is 1. The molecule has 0 N–H and O–H groups in total. The van der Waals surface area contributed by atoms with Gasteiger partial charge in [-0.1, -0.05) is 36.4 Å². The number of pyridine rings is 1. The predicted molar refractivity (Wildman–Crippen MR) is 108 cm³/mol. The van der Waals surface area contributed by atoms with Crippen LogP contribution in [0.4, 0.5) is 0 Å². The third-order valence-corrected chi connectivity index (χ3v) is 4.44. The Kier molecular flexibility index (Phi) is 6.04. The zero-order chi connectivity index (χ0) is 19.2. The Balaban J connectivity index is 1.86. The van der Waals surface area contributed by atoms with Crippen molar-refractivity contribution in [3.05, 3.63) is 71.9 Å². The number of hydrogen-bond acceptors (Lipinski definition) is 4. The second kappa shape index (κ2) is 8.64. The molecule has 0 bridgehead atoms. The Morgan fingerprint density at radius 2 is 1.78 bits per heavy atom. The molecule has 0 aliphatic rings. The molecule has 0 unspecified atom stereocenters. The highest BCUT2D eigenvalue weighted by Crippen LogP contribution is 2.20. The fourth-order valence-corrected chi connectivity index (χ4v) is 2.89. The Labute approximate surface area is 160 Å². The van der Waals surface area contributed by atoms with Crippen molar-refractivity contribution in [2.45, 2.75) is 6.54 Å². The van der Waals surface area contributed by atoms with Crippen molar-refractivity contribution >= 4 is 16.8 Å². The summed E-state index contributed by atoms with van der Waals surface area (Å²) < 4.78 is 5.25. The van der Waals surface area contributed by atoms with Crippen LogP contribution in [0.2, 0.25) is 0 Å². The maximum absolute atomic E-state index is 13.1. The summed E-state index contributed by atoms with van der Waals surface area (Å²) in [7, 11) is 5.65. The molecule has 5 heteroatoms. The minimum atomic E-state index is -0.0570. The van der Waals surface area contributed by atoms with E-state index >= 15 is 0 Å². The van der Waals surface area contributed by atoms with Crippen molar-refractivity contribution < 1.29 is 9.53 Å². The number of amides is 1. The number of benzene rings is 2. The van der Waals surface area contributed by atoms with Gasteiger partial charge in [0.15, 0.2) is 0 Å². The number of carbonyl (C=O) groups excluding carboxylic acids is 1. The molecule has 3 aromatic rings. The van der Waals surface area contributed by atoms with Crippen LogP contribution in [0.3, 0.4) is 0 Å². The second-order valence-electron chi connectivity index (χ2n) is 6.77. The van der Waals surface area contributed by atoms with E-state index in [4.69, 9.17) is 4.74 Å². The Bertz CT molecular complexity index is 910. The smallest absolute Gasteiger partial charge is 0.272 e. The van der Waals surface area contributed by atoms with Crippen LogP contribution in [0.15, 0.2) is 60.7 Å². The van der Waals surface area contributed by atoms with Gasteiger partial charge in [-0.25, -0.2) is 4.98 Å². The van der Waals surface area contributed by atoms with Gasteiger partial charge in [0.1, 0.15) is 11.4 Å². The van der Waals surface area contributed by atoms with Gasteiger partial charge in [0.05, 0.1) is 12.6 Å². The zero-order valence-electron chi connectivity index (χ0n) is 16.1. The number of aromatic nitrogens is 1. The second-order valence-corrected chi connectivity index (χ2v) is 6.77. The van der Waals surface area contributed by atoms with Crippen molar-refractivity contribution in [3.63, 3.8) is 0 Å². The van der Waals surface area contributed by atoms with Gasteiger partial charge in [0, 0.05) is 25.0 Å². The standard InChI is InChI=1S/C22H25N3O2/c1-24(2)13-14-25(16-17-7-5-4-6-8-17)22(26)21-11-9-18-15-19(27-3)10-12-20(18)23-21/h4-12,15H,13-14,16H2,1-3H3. The van der Waals surface area contributed by atoms with Crippen LogP contribution in [0.5, 0.6) is 5.75 Å². The van der Waals surface area contributed by atoms with E-state index in [1.165, 1.54) is 0 Å². The van der Waals surface area contributed by atoms with Gasteiger partial charge in [-0.3, -0.25) is 4.79 Å². The van der Waals surface area contributed by atoms with Crippen LogP contribution in [0, 0.1) is 0 Å². The molecule has 0 radical (unpaired) electrons. The molecule has 140 valence electrons. The molecule has 0 aliphatic heterocycles. The molecule has 0 saturated carbocycles. The van der Waals surface area contributed by atoms with E-state index in [1.54, 1.807) is 13.2 Å². The summed E-state index contributed by atoms with van der Waals surface area (Å²) in [6.07, 6.45) is 0. The van der Waals surface area contributed by atoms with E-state index in [9.17, 15) is 4.79 Å². The summed E-state index contributed by atoms with van der Waals surface area (Å²) in [6.45, 7) is 2.00. The average Bonchev–Trinajstić information content (AvgIpc) is 2.70. The first-order chi connectivity index (χ1) is 13.1. The summed E-state index contributed by atoms with van der Waals surface area (Å²) in [5.74, 6) is 0.721. The number of carbonyl (C=O) groups is 1. The lowest BCUT2D eigenvalue weighted by Crippen LogP contribution is -2.36. The summed E-state index contributed by atoms with van der Waals surface area (Å²) in [5.41, 5.74) is 2.35. The van der Waals surface area contributed by atoms with Crippen molar-refractivity contribution in [3.8, 4) is 5.75 Å². The lowest BCUT2D eigenvalue weighted by molar-refractivity contribution is 0.0726. The molecule has 1 aromatic heterocycles. The van der Waals surface area contributed by atoms with Crippen LogP contribution in [0.25, 0.3) is 10.9 Å². The molecule has 0 spiro atoms. The van der Waals surface area contributed by atoms with Gasteiger partial charge in [0.25, 0.3) is 5.91 Å². The van der Waals surface area contributed by atoms with Crippen molar-refractivity contribution in [2.24, 2.45) is 0 Å². The van der Waals surface area contributed by atoms with Gasteiger partial charge in [0.2, 0.25) is 0 Å². The molecule has 0 aliphatic carbocycles. The fourth-order valence-electron chi connectivity index (χ4n) is 2.89. The fraction of sp³-hybridized carbons (Fsp3) is 0.273. The minimum absolute atomic E-state index is 0.0570. The number of fused-ring (bicyclic) bond motifs is 1. The largest absolute Gasteiger partial charge is 0.497 e. The monoisotopic (exact) mass is 363 g/mol. The molecule has 3 rings (SSSR count). The van der Waals surface area contributed by atoms with Crippen LogP contribution < -0.4 is 4.74 Å². The molecule has 0 atom stereocenters. The van der Waals surface area contributed by atoms with Gasteiger partial charge < -0.3 is 14.5 Å². The summed E-state index contributed by atoms with van der Waals surface area (Å²) in [4.78, 5) is 21.7. The topological polar surface area (TPSA) is 45.7 Å².